The molecule has 9 aromatic carbocycles. The second kappa shape index (κ2) is 14.1. The van der Waals surface area contributed by atoms with Gasteiger partial charge in [0.05, 0.1) is 17.1 Å². The Kier molecular flexibility index (Phi) is 8.12. The van der Waals surface area contributed by atoms with E-state index in [0.717, 1.165) is 39.0 Å². The Bertz CT molecular complexity index is 3400. The fraction of sp³-hybridized carbons (Fsp3) is 0.133. The number of anilines is 6. The maximum Gasteiger partial charge on any atom is 0.135 e. The number of rotatable bonds is 6. The molecule has 1 saturated carbocycles. The fourth-order valence-corrected chi connectivity index (χ4v) is 11.6. The second-order valence-electron chi connectivity index (χ2n) is 18.0. The van der Waals surface area contributed by atoms with Crippen LogP contribution >= 0.6 is 0 Å². The molecule has 1 unspecified atom stereocenters. The summed E-state index contributed by atoms with van der Waals surface area (Å²) >= 11 is 0. The fourth-order valence-electron chi connectivity index (χ4n) is 11.6. The number of furan rings is 1. The summed E-state index contributed by atoms with van der Waals surface area (Å²) in [6, 6.07) is 72.1. The Morgan fingerprint density at radius 2 is 1.21 bits per heavy atom. The normalized spacial score (nSPS) is 16.6. The average molecular weight is 811 g/mol. The number of nitrogens with zero attached hydrogens (tertiary/aromatic N) is 2. The number of fused-ring (bicyclic) bond motifs is 10. The minimum atomic E-state index is -0.449. The molecule has 1 aromatic heterocycles. The van der Waals surface area contributed by atoms with Crippen LogP contribution in [0, 0.1) is 0 Å². The Balaban J connectivity index is 1.12. The Morgan fingerprint density at radius 1 is 0.508 bits per heavy atom. The van der Waals surface area contributed by atoms with Crippen molar-refractivity contribution in [2.24, 2.45) is 0 Å². The zero-order valence-electron chi connectivity index (χ0n) is 35.4. The van der Waals surface area contributed by atoms with E-state index in [1.807, 2.05) is 0 Å². The van der Waals surface area contributed by atoms with Crippen LogP contribution in [0.25, 0.3) is 55.0 Å². The maximum absolute atomic E-state index is 6.68. The minimum Gasteiger partial charge on any atom is -0.456 e. The summed E-state index contributed by atoms with van der Waals surface area (Å²) < 4.78 is 6.68. The lowest BCUT2D eigenvalue weighted by atomic mass is 9.69. The Hall–Kier alpha value is -7.36. The lowest BCUT2D eigenvalue weighted by Crippen LogP contribution is -2.32. The molecule has 2 aliphatic carbocycles. The van der Waals surface area contributed by atoms with Crippen molar-refractivity contribution < 1.29 is 4.42 Å². The van der Waals surface area contributed by atoms with Crippen LogP contribution in [0.2, 0.25) is 0 Å². The third-order valence-corrected chi connectivity index (χ3v) is 14.6. The van der Waals surface area contributed by atoms with Gasteiger partial charge in [-0.15, -0.1) is 0 Å². The van der Waals surface area contributed by atoms with E-state index >= 15 is 0 Å². The lowest BCUT2D eigenvalue weighted by Gasteiger charge is -2.43. The highest BCUT2D eigenvalue weighted by Crippen LogP contribution is 2.65. The lowest BCUT2D eigenvalue weighted by molar-refractivity contribution is 0.443. The molecule has 1 aliphatic heterocycles. The molecule has 63 heavy (non-hydrogen) atoms. The highest BCUT2D eigenvalue weighted by molar-refractivity contribution is 6.16. The second-order valence-corrected chi connectivity index (χ2v) is 18.0. The smallest absolute Gasteiger partial charge is 0.135 e. The monoisotopic (exact) mass is 810 g/mol. The zero-order valence-corrected chi connectivity index (χ0v) is 35.4. The molecular weight excluding hydrogens is 765 g/mol. The van der Waals surface area contributed by atoms with Crippen LogP contribution in [0.4, 0.5) is 34.1 Å². The quantitative estimate of drug-likeness (QED) is 0.167. The molecule has 302 valence electrons. The van der Waals surface area contributed by atoms with E-state index in [4.69, 9.17) is 4.42 Å². The molecule has 10 aromatic rings. The van der Waals surface area contributed by atoms with E-state index in [-0.39, 0.29) is 0 Å². The van der Waals surface area contributed by atoms with E-state index in [9.17, 15) is 0 Å². The van der Waals surface area contributed by atoms with Crippen molar-refractivity contribution in [1.82, 2.24) is 0 Å². The molecule has 3 nitrogen and oxygen atoms in total. The van der Waals surface area contributed by atoms with Crippen LogP contribution in [0.1, 0.15) is 67.2 Å². The first-order valence-electron chi connectivity index (χ1n) is 22.7. The highest BCUT2D eigenvalue weighted by atomic mass is 16.3. The van der Waals surface area contributed by atoms with Gasteiger partial charge in [0.1, 0.15) is 11.2 Å². The van der Waals surface area contributed by atoms with Crippen molar-refractivity contribution in [2.45, 2.75) is 50.4 Å². The average Bonchev–Trinajstić information content (AvgIpc) is 3.85. The SMILES string of the molecule is CC12c3ccccc3-c3cc4c(N(c5ccccc5)c5ccc(C6CCCCC6)cc5)cccc4c(c31)N(c1cccc(-c3ccccc3)c1)c1cc3c(cc12)oc1ccccc13. The van der Waals surface area contributed by atoms with Crippen LogP contribution in [0.5, 0.6) is 0 Å². The predicted molar refractivity (Wildman–Crippen MR) is 263 cm³/mol. The van der Waals surface area contributed by atoms with Gasteiger partial charge in [-0.1, -0.05) is 147 Å². The number of hydrogen-bond donors (Lipinski definition) is 0. The molecule has 13 rings (SSSR count). The van der Waals surface area contributed by atoms with Gasteiger partial charge >= 0.3 is 0 Å². The van der Waals surface area contributed by atoms with Crippen LogP contribution in [-0.2, 0) is 5.41 Å². The molecular formula is C60H46N2O. The van der Waals surface area contributed by atoms with E-state index in [1.54, 1.807) is 0 Å². The zero-order chi connectivity index (χ0) is 41.6. The summed E-state index contributed by atoms with van der Waals surface area (Å²) in [6.07, 6.45) is 6.59. The van der Waals surface area contributed by atoms with Crippen LogP contribution in [-0.4, -0.2) is 0 Å². The summed E-state index contributed by atoms with van der Waals surface area (Å²) in [7, 11) is 0. The van der Waals surface area contributed by atoms with Crippen molar-refractivity contribution in [3.8, 4) is 22.3 Å². The summed E-state index contributed by atoms with van der Waals surface area (Å²) in [5.74, 6) is 0.649. The third-order valence-electron chi connectivity index (χ3n) is 14.6. The summed E-state index contributed by atoms with van der Waals surface area (Å²) in [4.78, 5) is 5.05. The van der Waals surface area contributed by atoms with Crippen molar-refractivity contribution in [3.05, 3.63) is 216 Å². The first-order valence-corrected chi connectivity index (χ1v) is 22.7. The van der Waals surface area contributed by atoms with Gasteiger partial charge in [0.2, 0.25) is 0 Å². The molecule has 1 fully saturated rings. The van der Waals surface area contributed by atoms with Gasteiger partial charge in [-0.05, 0) is 137 Å². The molecule has 0 bridgehead atoms. The largest absolute Gasteiger partial charge is 0.456 e. The molecule has 0 spiro atoms. The molecule has 0 N–H and O–H groups in total. The number of benzene rings is 9. The van der Waals surface area contributed by atoms with Gasteiger partial charge < -0.3 is 14.2 Å². The summed E-state index contributed by atoms with van der Waals surface area (Å²) in [5.41, 5.74) is 18.7. The highest BCUT2D eigenvalue weighted by Gasteiger charge is 2.49. The van der Waals surface area contributed by atoms with E-state index in [2.05, 4.69) is 211 Å². The minimum absolute atomic E-state index is 0.449. The van der Waals surface area contributed by atoms with Gasteiger partial charge in [0.15, 0.2) is 0 Å². The Labute approximate surface area is 368 Å². The van der Waals surface area contributed by atoms with Gasteiger partial charge in [-0.2, -0.15) is 0 Å². The molecule has 3 heteroatoms. The van der Waals surface area contributed by atoms with Crippen molar-refractivity contribution in [1.29, 1.82) is 0 Å². The molecule has 0 radical (unpaired) electrons. The van der Waals surface area contributed by atoms with Gasteiger partial charge in [0, 0.05) is 44.0 Å². The summed E-state index contributed by atoms with van der Waals surface area (Å²) in [6.45, 7) is 2.45. The maximum atomic E-state index is 6.68. The molecule has 2 heterocycles. The third kappa shape index (κ3) is 5.45. The Morgan fingerprint density at radius 3 is 2.05 bits per heavy atom. The molecule has 1 atom stereocenters. The number of hydrogen-bond acceptors (Lipinski definition) is 3. The van der Waals surface area contributed by atoms with Crippen LogP contribution in [0.3, 0.4) is 0 Å². The topological polar surface area (TPSA) is 19.6 Å². The van der Waals surface area contributed by atoms with Gasteiger partial charge in [0.25, 0.3) is 0 Å². The molecule has 3 aliphatic rings. The standard InChI is InChI=1S/C60H46N2O/c1-60-52-28-13-11-25-46(52)51-36-49-48(27-16-29-54(49)61(43-22-9-4-10-23-43)44-33-31-41(32-34-44)39-17-5-2-6-18-39)59(58(51)60)62(45-24-15-21-42(35-45)40-19-7-3-8-20-40)55-37-50-47-26-12-14-30-56(47)63-57(50)38-53(55)60/h3-4,7-16,19-39H,2,5-6,17-18H2,1H3. The predicted octanol–water partition coefficient (Wildman–Crippen LogP) is 17.0. The molecule has 0 amide bonds. The van der Waals surface area contributed by atoms with Crippen molar-refractivity contribution in [2.75, 3.05) is 9.80 Å². The van der Waals surface area contributed by atoms with E-state index < -0.39 is 5.41 Å². The summed E-state index contributed by atoms with van der Waals surface area (Å²) in [5, 5.41) is 4.69. The van der Waals surface area contributed by atoms with Gasteiger partial charge in [-0.25, -0.2) is 0 Å². The van der Waals surface area contributed by atoms with Crippen molar-refractivity contribution >= 4 is 66.8 Å². The van der Waals surface area contributed by atoms with E-state index in [0.29, 0.717) is 5.92 Å². The first-order chi connectivity index (χ1) is 31.1. The van der Waals surface area contributed by atoms with Crippen LogP contribution in [0.15, 0.2) is 199 Å². The van der Waals surface area contributed by atoms with Gasteiger partial charge in [-0.3, -0.25) is 0 Å². The molecule has 0 saturated heterocycles. The van der Waals surface area contributed by atoms with Crippen LogP contribution < -0.4 is 9.80 Å². The number of para-hydroxylation sites is 2. The van der Waals surface area contributed by atoms with Crippen molar-refractivity contribution in [3.63, 3.8) is 0 Å². The van der Waals surface area contributed by atoms with E-state index in [1.165, 1.54) is 104 Å². The first kappa shape index (κ1) is 36.3.